The number of Topliss-reactive ketones (excluding diaryl/α,β-unsaturated/α-hetero) is 1. The Kier molecular flexibility index (Phi) is 2.86. The third-order valence-corrected chi connectivity index (χ3v) is 6.44. The smallest absolute Gasteiger partial charge is 0.175 e. The SMILES string of the molecule is C[C@]12CCC3c4ccc(O)cc4CCC3C1CC(=C=O)C2=O. The first-order valence-corrected chi connectivity index (χ1v) is 8.15. The van der Waals surface area contributed by atoms with Crippen molar-refractivity contribution in [1.29, 1.82) is 0 Å². The van der Waals surface area contributed by atoms with E-state index in [-0.39, 0.29) is 17.1 Å². The number of aromatic hydroxyl groups is 1. The Hall–Kier alpha value is -1.86. The van der Waals surface area contributed by atoms with Crippen molar-refractivity contribution in [3.63, 3.8) is 0 Å². The third-order valence-electron chi connectivity index (χ3n) is 6.44. The van der Waals surface area contributed by atoms with Crippen LogP contribution in [0.3, 0.4) is 0 Å². The maximum absolute atomic E-state index is 12.5. The Bertz CT molecular complexity index is 713. The maximum atomic E-state index is 12.5. The minimum Gasteiger partial charge on any atom is -0.508 e. The molecule has 3 nitrogen and oxygen atoms in total. The first-order chi connectivity index (χ1) is 10.5. The summed E-state index contributed by atoms with van der Waals surface area (Å²) in [5.41, 5.74) is 2.61. The highest BCUT2D eigenvalue weighted by atomic mass is 16.3. The quantitative estimate of drug-likeness (QED) is 0.591. The van der Waals surface area contributed by atoms with Gasteiger partial charge in [0.2, 0.25) is 0 Å². The van der Waals surface area contributed by atoms with E-state index >= 15 is 0 Å². The molecule has 0 aromatic heterocycles. The van der Waals surface area contributed by atoms with Gasteiger partial charge in [-0.15, -0.1) is 0 Å². The lowest BCUT2D eigenvalue weighted by atomic mass is 9.55. The molecule has 0 heterocycles. The zero-order valence-electron chi connectivity index (χ0n) is 12.8. The molecule has 4 atom stereocenters. The van der Waals surface area contributed by atoms with Crippen LogP contribution in [0.4, 0.5) is 0 Å². The average Bonchev–Trinajstić information content (AvgIpc) is 2.78. The lowest BCUT2D eigenvalue weighted by Crippen LogP contribution is -2.42. The summed E-state index contributed by atoms with van der Waals surface area (Å²) in [5, 5.41) is 9.69. The minimum atomic E-state index is -0.359. The number of hydrogen-bond acceptors (Lipinski definition) is 3. The fourth-order valence-corrected chi connectivity index (χ4v) is 5.29. The van der Waals surface area contributed by atoms with Crippen LogP contribution in [0.5, 0.6) is 5.75 Å². The first-order valence-electron chi connectivity index (χ1n) is 8.15. The number of phenols is 1. The summed E-state index contributed by atoms with van der Waals surface area (Å²) in [7, 11) is 0. The van der Waals surface area contributed by atoms with E-state index in [1.807, 2.05) is 18.9 Å². The lowest BCUT2D eigenvalue weighted by Gasteiger charge is -2.47. The number of aryl methyl sites for hydroxylation is 1. The molecule has 0 spiro atoms. The van der Waals surface area contributed by atoms with Crippen molar-refractivity contribution >= 4 is 11.7 Å². The summed E-state index contributed by atoms with van der Waals surface area (Å²) in [6.07, 6.45) is 4.44. The van der Waals surface area contributed by atoms with Gasteiger partial charge in [-0.3, -0.25) is 4.79 Å². The number of allylic oxidation sites excluding steroid dienone is 1. The van der Waals surface area contributed by atoms with Crippen LogP contribution in [0.2, 0.25) is 0 Å². The lowest BCUT2D eigenvalue weighted by molar-refractivity contribution is -0.127. The van der Waals surface area contributed by atoms with E-state index in [1.165, 1.54) is 11.1 Å². The van der Waals surface area contributed by atoms with Gasteiger partial charge < -0.3 is 5.11 Å². The van der Waals surface area contributed by atoms with Crippen molar-refractivity contribution in [2.75, 3.05) is 0 Å². The normalized spacial score (nSPS) is 36.3. The highest BCUT2D eigenvalue weighted by Crippen LogP contribution is 2.60. The van der Waals surface area contributed by atoms with Crippen LogP contribution in [0.25, 0.3) is 0 Å². The van der Waals surface area contributed by atoms with Gasteiger partial charge >= 0.3 is 0 Å². The topological polar surface area (TPSA) is 54.4 Å². The molecule has 2 saturated carbocycles. The molecule has 0 aliphatic heterocycles. The summed E-state index contributed by atoms with van der Waals surface area (Å²) in [5.74, 6) is 3.48. The van der Waals surface area contributed by atoms with Crippen molar-refractivity contribution in [2.24, 2.45) is 17.3 Å². The summed E-state index contributed by atoms with van der Waals surface area (Å²) >= 11 is 0. The number of benzene rings is 1. The van der Waals surface area contributed by atoms with Crippen LogP contribution >= 0.6 is 0 Å². The highest BCUT2D eigenvalue weighted by Gasteiger charge is 2.56. The van der Waals surface area contributed by atoms with E-state index in [9.17, 15) is 14.7 Å². The third kappa shape index (κ3) is 1.69. The van der Waals surface area contributed by atoms with Crippen LogP contribution < -0.4 is 0 Å². The molecule has 1 N–H and O–H groups in total. The van der Waals surface area contributed by atoms with Gasteiger partial charge in [0.05, 0.1) is 5.57 Å². The van der Waals surface area contributed by atoms with E-state index < -0.39 is 0 Å². The van der Waals surface area contributed by atoms with Crippen LogP contribution in [0, 0.1) is 17.3 Å². The summed E-state index contributed by atoms with van der Waals surface area (Å²) < 4.78 is 0. The van der Waals surface area contributed by atoms with Gasteiger partial charge in [-0.25, -0.2) is 4.79 Å². The van der Waals surface area contributed by atoms with Gasteiger partial charge in [0.25, 0.3) is 0 Å². The van der Waals surface area contributed by atoms with E-state index in [0.717, 1.165) is 25.7 Å². The van der Waals surface area contributed by atoms with E-state index in [2.05, 4.69) is 6.07 Å². The molecule has 0 bridgehead atoms. The van der Waals surface area contributed by atoms with Crippen molar-refractivity contribution in [1.82, 2.24) is 0 Å². The zero-order chi connectivity index (χ0) is 15.5. The van der Waals surface area contributed by atoms with Crippen LogP contribution in [-0.2, 0) is 16.0 Å². The molecular weight excluding hydrogens is 276 g/mol. The molecule has 22 heavy (non-hydrogen) atoms. The van der Waals surface area contributed by atoms with Crippen molar-refractivity contribution in [3.05, 3.63) is 34.9 Å². The average molecular weight is 296 g/mol. The highest BCUT2D eigenvalue weighted by molar-refractivity contribution is 6.08. The van der Waals surface area contributed by atoms with Crippen molar-refractivity contribution < 1.29 is 14.7 Å². The number of phenolic OH excluding ortho intramolecular Hbond substituents is 1. The van der Waals surface area contributed by atoms with Gasteiger partial charge in [-0.05, 0) is 73.1 Å². The van der Waals surface area contributed by atoms with Crippen LogP contribution in [0.1, 0.15) is 49.7 Å². The second kappa shape index (κ2) is 4.57. The second-order valence-electron chi connectivity index (χ2n) is 7.37. The number of fused-ring (bicyclic) bond motifs is 5. The Morgan fingerprint density at radius 2 is 2.14 bits per heavy atom. The molecule has 114 valence electrons. The number of hydrogen-bond donors (Lipinski definition) is 1. The molecule has 1 aromatic rings. The summed E-state index contributed by atoms with van der Waals surface area (Å²) in [6.45, 7) is 2.05. The van der Waals surface area contributed by atoms with E-state index in [4.69, 9.17) is 0 Å². The molecule has 3 unspecified atom stereocenters. The number of carbonyl (C=O) groups excluding carboxylic acids is 2. The maximum Gasteiger partial charge on any atom is 0.175 e. The Balaban J connectivity index is 1.75. The molecule has 1 aromatic carbocycles. The van der Waals surface area contributed by atoms with Crippen LogP contribution in [0.15, 0.2) is 23.8 Å². The molecule has 3 aliphatic rings. The van der Waals surface area contributed by atoms with Crippen molar-refractivity contribution in [3.8, 4) is 5.75 Å². The number of ketones is 1. The standard InChI is InChI=1S/C19H20O3/c1-19-7-6-15-14-5-3-13(21)8-11(14)2-4-16(15)17(19)9-12(10-20)18(19)22/h3,5,8,15-17,21H,2,4,6-7,9H2,1H3/t15?,16?,17?,19-/m0/s1. The Labute approximate surface area is 130 Å². The molecule has 0 radical (unpaired) electrons. The molecule has 2 fully saturated rings. The molecule has 0 amide bonds. The van der Waals surface area contributed by atoms with Gasteiger partial charge in [-0.2, -0.15) is 0 Å². The van der Waals surface area contributed by atoms with Crippen LogP contribution in [-0.4, -0.2) is 16.8 Å². The monoisotopic (exact) mass is 296 g/mol. The van der Waals surface area contributed by atoms with Gasteiger partial charge in [-0.1, -0.05) is 13.0 Å². The van der Waals surface area contributed by atoms with Gasteiger partial charge in [0, 0.05) is 5.41 Å². The summed E-state index contributed by atoms with van der Waals surface area (Å²) in [6, 6.07) is 5.71. The van der Waals surface area contributed by atoms with E-state index in [0.29, 0.717) is 29.6 Å². The second-order valence-corrected chi connectivity index (χ2v) is 7.37. The van der Waals surface area contributed by atoms with Crippen molar-refractivity contribution in [2.45, 2.75) is 44.9 Å². The zero-order valence-corrected chi connectivity index (χ0v) is 12.8. The number of rotatable bonds is 0. The molecule has 3 heteroatoms. The fourth-order valence-electron chi connectivity index (χ4n) is 5.29. The predicted molar refractivity (Wildman–Crippen MR) is 82.3 cm³/mol. The minimum absolute atomic E-state index is 0.0439. The molecule has 4 rings (SSSR count). The van der Waals surface area contributed by atoms with Gasteiger partial charge in [0.1, 0.15) is 11.7 Å². The predicted octanol–water partition coefficient (Wildman–Crippen LogP) is 3.19. The fraction of sp³-hybridized carbons (Fsp3) is 0.526. The first kappa shape index (κ1) is 13.8. The summed E-state index contributed by atoms with van der Waals surface area (Å²) in [4.78, 5) is 23.6. The van der Waals surface area contributed by atoms with Gasteiger partial charge in [0.15, 0.2) is 5.78 Å². The molecular formula is C19H20O3. The van der Waals surface area contributed by atoms with E-state index in [1.54, 1.807) is 6.07 Å². The Morgan fingerprint density at radius 3 is 2.91 bits per heavy atom. The molecule has 0 saturated heterocycles. The molecule has 3 aliphatic carbocycles. The largest absolute Gasteiger partial charge is 0.508 e. The number of carbonyl (C=O) groups is 1. The Morgan fingerprint density at radius 1 is 1.32 bits per heavy atom.